The molecule has 140 valence electrons. The smallest absolute Gasteiger partial charge is 0.251 e. The number of likely N-dealkylation sites (tertiary alicyclic amines) is 1. The summed E-state index contributed by atoms with van der Waals surface area (Å²) < 4.78 is 2.25. The minimum atomic E-state index is -0.364. The van der Waals surface area contributed by atoms with Gasteiger partial charge in [-0.1, -0.05) is 19.4 Å². The second-order valence-electron chi connectivity index (χ2n) is 6.86. The first-order valence-electron chi connectivity index (χ1n) is 9.38. The number of nitrogens with zero attached hydrogens (tertiary/aromatic N) is 2. The van der Waals surface area contributed by atoms with Crippen LogP contribution in [0.15, 0.2) is 17.5 Å². The standard InChI is InChI=1S/C20H27N3O2S/c1-3-7-15-19(16-8-5-13-26-16)18(20(21)25)14(2)23(15)12-6-11-22-10-4-9-17(22)24/h5,8,13H,3-4,6-7,9-12H2,1-2H3,(H2,21,25). The van der Waals surface area contributed by atoms with Crippen LogP contribution in [0, 0.1) is 6.92 Å². The first-order chi connectivity index (χ1) is 12.5. The van der Waals surface area contributed by atoms with Crippen LogP contribution in [0.25, 0.3) is 10.4 Å². The molecule has 5 nitrogen and oxygen atoms in total. The quantitative estimate of drug-likeness (QED) is 0.768. The largest absolute Gasteiger partial charge is 0.366 e. The van der Waals surface area contributed by atoms with Gasteiger partial charge in [0.15, 0.2) is 0 Å². The van der Waals surface area contributed by atoms with Gasteiger partial charge in [-0.2, -0.15) is 0 Å². The minimum Gasteiger partial charge on any atom is -0.366 e. The Morgan fingerprint density at radius 1 is 1.35 bits per heavy atom. The number of thiophene rings is 1. The van der Waals surface area contributed by atoms with E-state index in [0.717, 1.165) is 61.5 Å². The summed E-state index contributed by atoms with van der Waals surface area (Å²) in [6, 6.07) is 4.06. The molecule has 0 spiro atoms. The lowest BCUT2D eigenvalue weighted by molar-refractivity contribution is -0.127. The molecule has 0 saturated carbocycles. The fraction of sp³-hybridized carbons (Fsp3) is 0.500. The molecular formula is C20H27N3O2S. The zero-order valence-corrected chi connectivity index (χ0v) is 16.4. The molecule has 26 heavy (non-hydrogen) atoms. The fourth-order valence-electron chi connectivity index (χ4n) is 3.94. The van der Waals surface area contributed by atoms with Crippen LogP contribution >= 0.6 is 11.3 Å². The number of carbonyl (C=O) groups excluding carboxylic acids is 2. The molecule has 0 unspecified atom stereocenters. The summed E-state index contributed by atoms with van der Waals surface area (Å²) in [7, 11) is 0. The van der Waals surface area contributed by atoms with E-state index in [1.54, 1.807) is 11.3 Å². The maximum atomic E-state index is 12.2. The highest BCUT2D eigenvalue weighted by atomic mass is 32.1. The predicted octanol–water partition coefficient (Wildman–Crippen LogP) is 3.59. The van der Waals surface area contributed by atoms with Gasteiger partial charge in [0.1, 0.15) is 0 Å². The van der Waals surface area contributed by atoms with Crippen LogP contribution in [0.1, 0.15) is 54.4 Å². The number of hydrogen-bond acceptors (Lipinski definition) is 3. The van der Waals surface area contributed by atoms with E-state index in [2.05, 4.69) is 17.6 Å². The third kappa shape index (κ3) is 3.56. The Morgan fingerprint density at radius 2 is 2.15 bits per heavy atom. The molecule has 1 saturated heterocycles. The Hall–Kier alpha value is -2.08. The molecule has 2 aromatic heterocycles. The molecule has 3 heterocycles. The lowest BCUT2D eigenvalue weighted by Gasteiger charge is -2.17. The molecule has 6 heteroatoms. The van der Waals surface area contributed by atoms with Crippen LogP contribution in [0.5, 0.6) is 0 Å². The van der Waals surface area contributed by atoms with Gasteiger partial charge in [0.2, 0.25) is 5.91 Å². The van der Waals surface area contributed by atoms with Gasteiger partial charge in [0, 0.05) is 47.9 Å². The average molecular weight is 374 g/mol. The summed E-state index contributed by atoms with van der Waals surface area (Å²) in [5.74, 6) is -0.100. The van der Waals surface area contributed by atoms with Gasteiger partial charge in [-0.25, -0.2) is 0 Å². The molecule has 2 aromatic rings. The highest BCUT2D eigenvalue weighted by Crippen LogP contribution is 2.36. The van der Waals surface area contributed by atoms with E-state index in [1.807, 2.05) is 23.3 Å². The van der Waals surface area contributed by atoms with E-state index in [9.17, 15) is 9.59 Å². The molecule has 1 fully saturated rings. The number of aromatic nitrogens is 1. The van der Waals surface area contributed by atoms with Crippen molar-refractivity contribution in [3.05, 3.63) is 34.5 Å². The Labute approximate surface area is 158 Å². The molecule has 3 rings (SSSR count). The van der Waals surface area contributed by atoms with Gasteiger partial charge in [0.25, 0.3) is 5.91 Å². The topological polar surface area (TPSA) is 68.3 Å². The third-order valence-corrected chi connectivity index (χ3v) is 6.00. The van der Waals surface area contributed by atoms with E-state index >= 15 is 0 Å². The van der Waals surface area contributed by atoms with E-state index in [-0.39, 0.29) is 11.8 Å². The number of carbonyl (C=O) groups is 2. The SMILES string of the molecule is CCCc1c(-c2cccs2)c(C(N)=O)c(C)n1CCCN1CCCC1=O. The molecule has 0 aromatic carbocycles. The summed E-state index contributed by atoms with van der Waals surface area (Å²) in [6.07, 6.45) is 4.45. The molecule has 1 aliphatic heterocycles. The van der Waals surface area contributed by atoms with Crippen molar-refractivity contribution in [2.75, 3.05) is 13.1 Å². The van der Waals surface area contributed by atoms with E-state index in [4.69, 9.17) is 5.73 Å². The molecule has 2 N–H and O–H groups in total. The minimum absolute atomic E-state index is 0.264. The van der Waals surface area contributed by atoms with Crippen LogP contribution in [0.4, 0.5) is 0 Å². The van der Waals surface area contributed by atoms with Crippen LogP contribution in [-0.4, -0.2) is 34.4 Å². The molecule has 0 radical (unpaired) electrons. The molecule has 2 amide bonds. The zero-order valence-electron chi connectivity index (χ0n) is 15.6. The Morgan fingerprint density at radius 3 is 2.73 bits per heavy atom. The molecule has 0 bridgehead atoms. The summed E-state index contributed by atoms with van der Waals surface area (Å²) in [6.45, 7) is 6.59. The van der Waals surface area contributed by atoms with Crippen LogP contribution < -0.4 is 5.73 Å². The van der Waals surface area contributed by atoms with Gasteiger partial charge in [-0.15, -0.1) is 11.3 Å². The van der Waals surface area contributed by atoms with E-state index < -0.39 is 0 Å². The maximum absolute atomic E-state index is 12.2. The van der Waals surface area contributed by atoms with Crippen molar-refractivity contribution in [3.63, 3.8) is 0 Å². The number of hydrogen-bond donors (Lipinski definition) is 1. The van der Waals surface area contributed by atoms with Crippen LogP contribution in [0.2, 0.25) is 0 Å². The van der Waals surface area contributed by atoms with Gasteiger partial charge >= 0.3 is 0 Å². The first-order valence-corrected chi connectivity index (χ1v) is 10.3. The van der Waals surface area contributed by atoms with Crippen molar-refractivity contribution in [3.8, 4) is 10.4 Å². The molecular weight excluding hydrogens is 346 g/mol. The highest BCUT2D eigenvalue weighted by molar-refractivity contribution is 7.13. The number of amides is 2. The van der Waals surface area contributed by atoms with Crippen molar-refractivity contribution in [2.45, 2.75) is 52.5 Å². The van der Waals surface area contributed by atoms with E-state index in [1.165, 1.54) is 5.69 Å². The summed E-state index contributed by atoms with van der Waals surface area (Å²) in [5.41, 5.74) is 9.53. The van der Waals surface area contributed by atoms with E-state index in [0.29, 0.717) is 12.0 Å². The second-order valence-corrected chi connectivity index (χ2v) is 7.81. The van der Waals surface area contributed by atoms with Crippen LogP contribution in [0.3, 0.4) is 0 Å². The van der Waals surface area contributed by atoms with Crippen molar-refractivity contribution < 1.29 is 9.59 Å². The number of primary amides is 1. The van der Waals surface area contributed by atoms with Gasteiger partial charge < -0.3 is 15.2 Å². The second kappa shape index (κ2) is 8.08. The Bertz CT molecular complexity index is 793. The summed E-state index contributed by atoms with van der Waals surface area (Å²) in [5, 5.41) is 2.03. The van der Waals surface area contributed by atoms with Gasteiger partial charge in [0.05, 0.1) is 5.56 Å². The summed E-state index contributed by atoms with van der Waals surface area (Å²) in [4.78, 5) is 27.1. The normalized spacial score (nSPS) is 14.4. The maximum Gasteiger partial charge on any atom is 0.251 e. The highest BCUT2D eigenvalue weighted by Gasteiger charge is 2.25. The summed E-state index contributed by atoms with van der Waals surface area (Å²) >= 11 is 1.64. The first kappa shape index (κ1) is 18.7. The Kier molecular flexibility index (Phi) is 5.81. The van der Waals surface area contributed by atoms with Crippen molar-refractivity contribution in [1.82, 2.24) is 9.47 Å². The molecule has 0 aliphatic carbocycles. The van der Waals surface area contributed by atoms with Gasteiger partial charge in [-0.3, -0.25) is 9.59 Å². The number of nitrogens with two attached hydrogens (primary N) is 1. The fourth-order valence-corrected chi connectivity index (χ4v) is 4.74. The molecule has 1 aliphatic rings. The average Bonchev–Trinajstić information content (AvgIpc) is 3.31. The third-order valence-electron chi connectivity index (χ3n) is 5.11. The monoisotopic (exact) mass is 373 g/mol. The lowest BCUT2D eigenvalue weighted by atomic mass is 10.0. The molecule has 0 atom stereocenters. The van der Waals surface area contributed by atoms with Crippen molar-refractivity contribution in [1.29, 1.82) is 0 Å². The van der Waals surface area contributed by atoms with Gasteiger partial charge in [-0.05, 0) is 37.6 Å². The van der Waals surface area contributed by atoms with Crippen molar-refractivity contribution >= 4 is 23.2 Å². The zero-order chi connectivity index (χ0) is 18.7. The predicted molar refractivity (Wildman–Crippen MR) is 105 cm³/mol. The van der Waals surface area contributed by atoms with Crippen LogP contribution in [-0.2, 0) is 17.8 Å². The number of rotatable bonds is 8. The Balaban J connectivity index is 1.91. The lowest BCUT2D eigenvalue weighted by Crippen LogP contribution is -2.26. The van der Waals surface area contributed by atoms with Crippen molar-refractivity contribution in [2.24, 2.45) is 5.73 Å².